The molecule has 3 aromatic rings. The number of thiazole rings is 1. The molecule has 0 aliphatic heterocycles. The van der Waals surface area contributed by atoms with Gasteiger partial charge in [0.1, 0.15) is 0 Å². The molecule has 0 saturated carbocycles. The monoisotopic (exact) mass is 365 g/mol. The van der Waals surface area contributed by atoms with Crippen molar-refractivity contribution in [1.29, 1.82) is 0 Å². The lowest BCUT2D eigenvalue weighted by Crippen LogP contribution is -2.15. The Kier molecular flexibility index (Phi) is 3.77. The summed E-state index contributed by atoms with van der Waals surface area (Å²) in [6.07, 6.45) is 0. The van der Waals surface area contributed by atoms with E-state index in [2.05, 4.69) is 26.1 Å². The van der Waals surface area contributed by atoms with E-state index in [-0.39, 0.29) is 5.76 Å². The zero-order chi connectivity index (χ0) is 15.0. The molecule has 2 heterocycles. The minimum atomic E-state index is -0.416. The van der Waals surface area contributed by atoms with Crippen LogP contribution in [0, 0.1) is 6.92 Å². The Hall–Kier alpha value is -1.73. The molecule has 0 spiro atoms. The van der Waals surface area contributed by atoms with Crippen molar-refractivity contribution in [3.8, 4) is 0 Å². The van der Waals surface area contributed by atoms with E-state index in [1.54, 1.807) is 13.0 Å². The number of carbonyl (C=O) groups excluding carboxylic acids is 1. The first kappa shape index (κ1) is 14.2. The average Bonchev–Trinajstić information content (AvgIpc) is 3.03. The molecule has 1 amide bonds. The Bertz CT molecular complexity index is 891. The number of amides is 1. The smallest absolute Gasteiger partial charge is 0.318 e. The van der Waals surface area contributed by atoms with Crippen LogP contribution in [-0.2, 0) is 6.54 Å². The van der Waals surface area contributed by atoms with E-state index in [9.17, 15) is 4.79 Å². The van der Waals surface area contributed by atoms with Crippen molar-refractivity contribution in [2.24, 2.45) is 4.99 Å². The normalized spacial score (nSPS) is 12.2. The van der Waals surface area contributed by atoms with Crippen LogP contribution in [0.5, 0.6) is 0 Å². The molecule has 5 nitrogen and oxygen atoms in total. The molecule has 0 aliphatic carbocycles. The van der Waals surface area contributed by atoms with Crippen molar-refractivity contribution in [2.45, 2.75) is 20.4 Å². The van der Waals surface area contributed by atoms with E-state index < -0.39 is 5.91 Å². The van der Waals surface area contributed by atoms with Crippen LogP contribution in [0.25, 0.3) is 10.2 Å². The first-order chi connectivity index (χ1) is 10.1. The van der Waals surface area contributed by atoms with Crippen LogP contribution in [-0.4, -0.2) is 15.6 Å². The van der Waals surface area contributed by atoms with Crippen molar-refractivity contribution in [1.82, 2.24) is 9.72 Å². The molecular weight excluding hydrogens is 354 g/mol. The van der Waals surface area contributed by atoms with Gasteiger partial charge in [-0.05, 0) is 41.9 Å². The Morgan fingerprint density at radius 2 is 2.33 bits per heavy atom. The number of hydrogen-bond donors (Lipinski definition) is 0. The third-order valence-electron chi connectivity index (χ3n) is 3.00. The Morgan fingerprint density at radius 3 is 3.00 bits per heavy atom. The summed E-state index contributed by atoms with van der Waals surface area (Å²) < 4.78 is 9.03. The van der Waals surface area contributed by atoms with Crippen molar-refractivity contribution in [3.05, 3.63) is 45.0 Å². The van der Waals surface area contributed by atoms with Crippen LogP contribution >= 0.6 is 27.3 Å². The van der Waals surface area contributed by atoms with Crippen LogP contribution in [0.2, 0.25) is 0 Å². The van der Waals surface area contributed by atoms with E-state index in [4.69, 9.17) is 4.52 Å². The molecule has 0 atom stereocenters. The molecule has 108 valence electrons. The molecule has 7 heteroatoms. The second-order valence-electron chi connectivity index (χ2n) is 4.46. The van der Waals surface area contributed by atoms with Crippen molar-refractivity contribution < 1.29 is 9.32 Å². The highest BCUT2D eigenvalue weighted by Gasteiger charge is 2.13. The Morgan fingerprint density at radius 1 is 1.52 bits per heavy atom. The highest BCUT2D eigenvalue weighted by atomic mass is 79.9. The minimum absolute atomic E-state index is 0.159. The molecule has 0 aliphatic rings. The third-order valence-corrected chi connectivity index (χ3v) is 4.69. The molecular formula is C14H12BrN3O2S. The number of fused-ring (bicyclic) bond motifs is 1. The Labute approximate surface area is 133 Å². The van der Waals surface area contributed by atoms with Crippen LogP contribution in [0.3, 0.4) is 0 Å². The quantitative estimate of drug-likeness (QED) is 0.697. The van der Waals surface area contributed by atoms with E-state index in [1.165, 1.54) is 11.3 Å². The van der Waals surface area contributed by atoms with Gasteiger partial charge in [0, 0.05) is 17.1 Å². The number of halogens is 1. The van der Waals surface area contributed by atoms with Gasteiger partial charge in [-0.2, -0.15) is 4.99 Å². The van der Waals surface area contributed by atoms with E-state index in [0.29, 0.717) is 10.5 Å². The number of rotatable bonds is 2. The second kappa shape index (κ2) is 5.57. The first-order valence-corrected chi connectivity index (χ1v) is 8.01. The average molecular weight is 366 g/mol. The summed E-state index contributed by atoms with van der Waals surface area (Å²) in [6, 6.07) is 7.55. The number of hydrogen-bond acceptors (Lipinski definition) is 4. The molecule has 0 saturated heterocycles. The van der Waals surface area contributed by atoms with Gasteiger partial charge in [-0.1, -0.05) is 22.6 Å². The van der Waals surface area contributed by atoms with E-state index in [0.717, 1.165) is 21.2 Å². The summed E-state index contributed by atoms with van der Waals surface area (Å²) in [6.45, 7) is 4.51. The fourth-order valence-corrected chi connectivity index (χ4v) is 3.90. The molecule has 0 bridgehead atoms. The van der Waals surface area contributed by atoms with Crippen molar-refractivity contribution >= 4 is 43.4 Å². The van der Waals surface area contributed by atoms with Gasteiger partial charge in [0.25, 0.3) is 0 Å². The maximum absolute atomic E-state index is 12.1. The van der Waals surface area contributed by atoms with E-state index in [1.807, 2.05) is 29.7 Å². The predicted molar refractivity (Wildman–Crippen MR) is 84.3 cm³/mol. The number of carbonyl (C=O) groups is 1. The maximum atomic E-state index is 12.1. The second-order valence-corrected chi connectivity index (χ2v) is 6.33. The molecule has 0 unspecified atom stereocenters. The SMILES string of the molecule is CCn1c(=NC(=O)c2cc(C)no2)sc2cccc(Br)c21. The zero-order valence-electron chi connectivity index (χ0n) is 11.5. The van der Waals surface area contributed by atoms with Crippen LogP contribution in [0.1, 0.15) is 23.2 Å². The summed E-state index contributed by atoms with van der Waals surface area (Å²) in [4.78, 5) is 17.0. The summed E-state index contributed by atoms with van der Waals surface area (Å²) in [7, 11) is 0. The standard InChI is InChI=1S/C14H12BrN3O2S/c1-3-18-12-9(15)5-4-6-11(12)21-14(18)16-13(19)10-7-8(2)17-20-10/h4-7H,3H2,1-2H3. The lowest BCUT2D eigenvalue weighted by molar-refractivity contribution is 0.0962. The van der Waals surface area contributed by atoms with Crippen molar-refractivity contribution in [3.63, 3.8) is 0 Å². The molecule has 2 aromatic heterocycles. The number of benzene rings is 1. The topological polar surface area (TPSA) is 60.4 Å². The number of aryl methyl sites for hydroxylation is 2. The first-order valence-electron chi connectivity index (χ1n) is 6.40. The van der Waals surface area contributed by atoms with Gasteiger partial charge in [-0.25, -0.2) is 0 Å². The lowest BCUT2D eigenvalue weighted by atomic mass is 10.3. The molecule has 0 fully saturated rings. The fourth-order valence-electron chi connectivity index (χ4n) is 2.07. The molecule has 3 rings (SSSR count). The Balaban J connectivity index is 2.18. The van der Waals surface area contributed by atoms with Gasteiger partial charge < -0.3 is 9.09 Å². The van der Waals surface area contributed by atoms with Gasteiger partial charge >= 0.3 is 5.91 Å². The summed E-state index contributed by atoms with van der Waals surface area (Å²) in [5.41, 5.74) is 1.71. The predicted octanol–water partition coefficient (Wildman–Crippen LogP) is 3.52. The third kappa shape index (κ3) is 2.58. The van der Waals surface area contributed by atoms with Crippen LogP contribution < -0.4 is 4.80 Å². The van der Waals surface area contributed by atoms with Gasteiger partial charge in [0.15, 0.2) is 4.80 Å². The highest BCUT2D eigenvalue weighted by molar-refractivity contribution is 9.10. The van der Waals surface area contributed by atoms with Gasteiger partial charge in [-0.15, -0.1) is 0 Å². The molecule has 0 N–H and O–H groups in total. The number of para-hydroxylation sites is 1. The molecule has 0 radical (unpaired) electrons. The van der Waals surface area contributed by atoms with Gasteiger partial charge in [-0.3, -0.25) is 4.79 Å². The molecule has 21 heavy (non-hydrogen) atoms. The minimum Gasteiger partial charge on any atom is -0.351 e. The summed E-state index contributed by atoms with van der Waals surface area (Å²) in [5.74, 6) is -0.257. The van der Waals surface area contributed by atoms with Gasteiger partial charge in [0.2, 0.25) is 5.76 Å². The maximum Gasteiger partial charge on any atom is 0.318 e. The van der Waals surface area contributed by atoms with Gasteiger partial charge in [0.05, 0.1) is 15.9 Å². The van der Waals surface area contributed by atoms with E-state index >= 15 is 0 Å². The van der Waals surface area contributed by atoms with Crippen LogP contribution in [0.15, 0.2) is 38.3 Å². The molecule has 1 aromatic carbocycles. The number of aromatic nitrogens is 2. The van der Waals surface area contributed by atoms with Crippen LogP contribution in [0.4, 0.5) is 0 Å². The fraction of sp³-hybridized carbons (Fsp3) is 0.214. The zero-order valence-corrected chi connectivity index (χ0v) is 13.9. The summed E-state index contributed by atoms with van der Waals surface area (Å²) in [5, 5.41) is 3.71. The van der Waals surface area contributed by atoms with Crippen molar-refractivity contribution in [2.75, 3.05) is 0 Å². The number of nitrogens with zero attached hydrogens (tertiary/aromatic N) is 3. The largest absolute Gasteiger partial charge is 0.351 e. The highest BCUT2D eigenvalue weighted by Crippen LogP contribution is 2.25. The lowest BCUT2D eigenvalue weighted by Gasteiger charge is -2.01. The summed E-state index contributed by atoms with van der Waals surface area (Å²) >= 11 is 5.02.